The molecule has 0 amide bonds. The van der Waals surface area contributed by atoms with Crippen LogP contribution in [0.2, 0.25) is 0 Å². The number of rotatable bonds is 3. The molecule has 0 aliphatic heterocycles. The summed E-state index contributed by atoms with van der Waals surface area (Å²) in [6.45, 7) is 5.92. The van der Waals surface area contributed by atoms with E-state index in [4.69, 9.17) is 0 Å². The molecule has 0 saturated heterocycles. The third-order valence-electron chi connectivity index (χ3n) is 1.58. The minimum absolute atomic E-state index is 0.247. The molecule has 0 radical (unpaired) electrons. The van der Waals surface area contributed by atoms with Crippen LogP contribution in [0.15, 0.2) is 36.4 Å². The predicted molar refractivity (Wildman–Crippen MR) is 63.5 cm³/mol. The summed E-state index contributed by atoms with van der Waals surface area (Å²) >= 11 is 0. The van der Waals surface area contributed by atoms with E-state index in [9.17, 15) is 9.18 Å². The molecule has 0 N–H and O–H groups in total. The molecule has 0 fully saturated rings. The van der Waals surface area contributed by atoms with Crippen LogP contribution < -0.4 is 0 Å². The summed E-state index contributed by atoms with van der Waals surface area (Å²) < 4.78 is 17.8. The Hall–Kier alpha value is -1.64. The van der Waals surface area contributed by atoms with E-state index < -0.39 is 11.8 Å². The normalized spacial score (nSPS) is 10.1. The molecule has 88 valence electrons. The van der Waals surface area contributed by atoms with Crippen LogP contribution in [0.1, 0.15) is 26.3 Å². The third kappa shape index (κ3) is 5.29. The minimum atomic E-state index is -0.658. The van der Waals surface area contributed by atoms with Gasteiger partial charge < -0.3 is 4.74 Å². The van der Waals surface area contributed by atoms with Crippen molar-refractivity contribution in [2.75, 3.05) is 6.61 Å². The zero-order valence-electron chi connectivity index (χ0n) is 9.87. The smallest absolute Gasteiger partial charge is 0.333 e. The molecule has 0 saturated carbocycles. The first-order chi connectivity index (χ1) is 7.74. The van der Waals surface area contributed by atoms with E-state index in [-0.39, 0.29) is 6.61 Å². The van der Waals surface area contributed by atoms with Gasteiger partial charge in [-0.1, -0.05) is 44.2 Å². The van der Waals surface area contributed by atoms with Crippen molar-refractivity contribution in [1.82, 2.24) is 0 Å². The SMILES string of the molecule is CC.CCOC(=O)C=C(F)c1ccccc1. The average Bonchev–Trinajstić information content (AvgIpc) is 2.33. The topological polar surface area (TPSA) is 26.3 Å². The predicted octanol–water partition coefficient (Wildman–Crippen LogP) is 3.59. The van der Waals surface area contributed by atoms with E-state index in [0.29, 0.717) is 5.56 Å². The molecular formula is C13H17FO2. The number of hydrogen-bond acceptors (Lipinski definition) is 2. The lowest BCUT2D eigenvalue weighted by Gasteiger charge is -1.97. The summed E-state index contributed by atoms with van der Waals surface area (Å²) in [6.07, 6.45) is 0.846. The highest BCUT2D eigenvalue weighted by Crippen LogP contribution is 2.14. The molecule has 3 heteroatoms. The summed E-state index contributed by atoms with van der Waals surface area (Å²) in [5, 5.41) is 0. The number of esters is 1. The maximum absolute atomic E-state index is 13.3. The second-order valence-corrected chi connectivity index (χ2v) is 2.61. The van der Waals surface area contributed by atoms with Gasteiger partial charge in [-0.2, -0.15) is 0 Å². The number of carbonyl (C=O) groups excluding carboxylic acids is 1. The fourth-order valence-corrected chi connectivity index (χ4v) is 0.968. The fourth-order valence-electron chi connectivity index (χ4n) is 0.968. The van der Waals surface area contributed by atoms with E-state index in [1.54, 1.807) is 37.3 Å². The van der Waals surface area contributed by atoms with E-state index in [1.165, 1.54) is 0 Å². The summed E-state index contributed by atoms with van der Waals surface area (Å²) in [7, 11) is 0. The summed E-state index contributed by atoms with van der Waals surface area (Å²) in [4.78, 5) is 10.9. The van der Waals surface area contributed by atoms with Crippen molar-refractivity contribution in [3.05, 3.63) is 42.0 Å². The lowest BCUT2D eigenvalue weighted by Crippen LogP contribution is -1.99. The maximum Gasteiger partial charge on any atom is 0.333 e. The van der Waals surface area contributed by atoms with Crippen molar-refractivity contribution in [1.29, 1.82) is 0 Å². The Kier molecular flexibility index (Phi) is 7.76. The quantitative estimate of drug-likeness (QED) is 0.579. The molecule has 0 aliphatic rings. The van der Waals surface area contributed by atoms with E-state index in [2.05, 4.69) is 4.74 Å². The molecule has 1 aromatic rings. The van der Waals surface area contributed by atoms with Gasteiger partial charge in [0.25, 0.3) is 0 Å². The van der Waals surface area contributed by atoms with Gasteiger partial charge in [-0.3, -0.25) is 0 Å². The minimum Gasteiger partial charge on any atom is -0.463 e. The van der Waals surface area contributed by atoms with Crippen molar-refractivity contribution >= 4 is 11.8 Å². The second kappa shape index (κ2) is 8.65. The van der Waals surface area contributed by atoms with Crippen molar-refractivity contribution in [3.63, 3.8) is 0 Å². The third-order valence-corrected chi connectivity index (χ3v) is 1.58. The van der Waals surface area contributed by atoms with Crippen molar-refractivity contribution in [3.8, 4) is 0 Å². The van der Waals surface area contributed by atoms with Crippen LogP contribution >= 0.6 is 0 Å². The number of ether oxygens (including phenoxy) is 1. The summed E-state index contributed by atoms with van der Waals surface area (Å²) in [5.74, 6) is -1.24. The molecule has 1 aromatic carbocycles. The monoisotopic (exact) mass is 224 g/mol. The van der Waals surface area contributed by atoms with Gasteiger partial charge in [0.1, 0.15) is 5.83 Å². The number of benzene rings is 1. The van der Waals surface area contributed by atoms with Crippen LogP contribution in [0.25, 0.3) is 5.83 Å². The Labute approximate surface area is 95.7 Å². The second-order valence-electron chi connectivity index (χ2n) is 2.61. The lowest BCUT2D eigenvalue weighted by atomic mass is 10.2. The van der Waals surface area contributed by atoms with Gasteiger partial charge in [-0.05, 0) is 6.92 Å². The van der Waals surface area contributed by atoms with Crippen LogP contribution in [0.5, 0.6) is 0 Å². The molecule has 1 rings (SSSR count). The van der Waals surface area contributed by atoms with Crippen molar-refractivity contribution in [2.24, 2.45) is 0 Å². The van der Waals surface area contributed by atoms with E-state index in [0.717, 1.165) is 6.08 Å². The zero-order valence-corrected chi connectivity index (χ0v) is 9.87. The standard InChI is InChI=1S/C11H11FO2.C2H6/c1-2-14-11(13)8-10(12)9-6-4-3-5-7-9;1-2/h3-8H,2H2,1H3;1-2H3. The van der Waals surface area contributed by atoms with Gasteiger partial charge in [0, 0.05) is 5.56 Å². The molecule has 0 bridgehead atoms. The van der Waals surface area contributed by atoms with Crippen LogP contribution in [-0.4, -0.2) is 12.6 Å². The summed E-state index contributed by atoms with van der Waals surface area (Å²) in [5.41, 5.74) is 0.376. The molecule has 0 spiro atoms. The number of halogens is 1. The molecule has 0 aliphatic carbocycles. The van der Waals surface area contributed by atoms with Crippen molar-refractivity contribution in [2.45, 2.75) is 20.8 Å². The van der Waals surface area contributed by atoms with Crippen LogP contribution in [-0.2, 0) is 9.53 Å². The fraction of sp³-hybridized carbons (Fsp3) is 0.308. The Morgan fingerprint density at radius 3 is 2.38 bits per heavy atom. The highest BCUT2D eigenvalue weighted by Gasteiger charge is 2.03. The van der Waals surface area contributed by atoms with Crippen LogP contribution in [0.4, 0.5) is 4.39 Å². The molecule has 0 aromatic heterocycles. The number of hydrogen-bond donors (Lipinski definition) is 0. The first-order valence-corrected chi connectivity index (χ1v) is 5.33. The largest absolute Gasteiger partial charge is 0.463 e. The van der Waals surface area contributed by atoms with Crippen LogP contribution in [0.3, 0.4) is 0 Å². The lowest BCUT2D eigenvalue weighted by molar-refractivity contribution is -0.137. The van der Waals surface area contributed by atoms with Gasteiger partial charge in [0.2, 0.25) is 0 Å². The van der Waals surface area contributed by atoms with Crippen LogP contribution in [0, 0.1) is 0 Å². The van der Waals surface area contributed by atoms with Crippen molar-refractivity contribution < 1.29 is 13.9 Å². The first-order valence-electron chi connectivity index (χ1n) is 5.33. The molecular weight excluding hydrogens is 207 g/mol. The molecule has 0 atom stereocenters. The first kappa shape index (κ1) is 14.4. The molecule has 16 heavy (non-hydrogen) atoms. The van der Waals surface area contributed by atoms with E-state index in [1.807, 2.05) is 13.8 Å². The Morgan fingerprint density at radius 2 is 1.88 bits per heavy atom. The van der Waals surface area contributed by atoms with Gasteiger partial charge in [0.05, 0.1) is 12.7 Å². The number of carbonyl (C=O) groups is 1. The Morgan fingerprint density at radius 1 is 1.31 bits per heavy atom. The summed E-state index contributed by atoms with van der Waals surface area (Å²) in [6, 6.07) is 8.36. The zero-order chi connectivity index (χ0) is 12.4. The Bertz CT molecular complexity index is 331. The highest BCUT2D eigenvalue weighted by atomic mass is 19.1. The van der Waals surface area contributed by atoms with E-state index >= 15 is 0 Å². The van der Waals surface area contributed by atoms with Gasteiger partial charge in [-0.15, -0.1) is 0 Å². The highest BCUT2D eigenvalue weighted by molar-refractivity contribution is 5.89. The van der Waals surface area contributed by atoms with Gasteiger partial charge >= 0.3 is 5.97 Å². The molecule has 2 nitrogen and oxygen atoms in total. The molecule has 0 heterocycles. The Balaban J connectivity index is 0.00000106. The maximum atomic E-state index is 13.3. The average molecular weight is 224 g/mol. The van der Waals surface area contributed by atoms with Gasteiger partial charge in [-0.25, -0.2) is 9.18 Å². The molecule has 0 unspecified atom stereocenters. The van der Waals surface area contributed by atoms with Gasteiger partial charge in [0.15, 0.2) is 0 Å².